The minimum atomic E-state index is -0.785. The van der Waals surface area contributed by atoms with Crippen LogP contribution in [0.4, 0.5) is 10.1 Å². The molecule has 1 atom stereocenters. The third kappa shape index (κ3) is 3.42. The molecule has 2 heterocycles. The first kappa shape index (κ1) is 15.7. The van der Waals surface area contributed by atoms with Crippen molar-refractivity contribution in [3.05, 3.63) is 36.3 Å². The van der Waals surface area contributed by atoms with Crippen LogP contribution in [0.2, 0.25) is 0 Å². The van der Waals surface area contributed by atoms with Crippen LogP contribution in [0.3, 0.4) is 0 Å². The van der Waals surface area contributed by atoms with Crippen LogP contribution in [0.5, 0.6) is 0 Å². The van der Waals surface area contributed by atoms with Crippen molar-refractivity contribution < 1.29 is 14.3 Å². The number of pyridine rings is 1. The lowest BCUT2D eigenvalue weighted by Gasteiger charge is -2.35. The normalized spacial score (nSPS) is 18.0. The fourth-order valence-corrected chi connectivity index (χ4v) is 3.05. The van der Waals surface area contributed by atoms with Crippen LogP contribution >= 0.6 is 0 Å². The molecule has 1 fully saturated rings. The average Bonchev–Trinajstić information content (AvgIpc) is 2.55. The van der Waals surface area contributed by atoms with Crippen LogP contribution in [0.15, 0.2) is 30.5 Å². The minimum absolute atomic E-state index is 0.251. The van der Waals surface area contributed by atoms with Crippen LogP contribution < -0.4 is 5.32 Å². The topological polar surface area (TPSA) is 65.5 Å². The number of likely N-dealkylation sites (tertiary alicyclic amines) is 1. The van der Waals surface area contributed by atoms with Crippen molar-refractivity contribution >= 4 is 22.6 Å². The first-order valence-electron chi connectivity index (χ1n) is 7.82. The minimum Gasteiger partial charge on any atom is -0.480 e. The second-order valence-corrected chi connectivity index (χ2v) is 5.99. The number of hydrogen-bond acceptors (Lipinski definition) is 4. The predicted molar refractivity (Wildman–Crippen MR) is 87.0 cm³/mol. The van der Waals surface area contributed by atoms with Crippen molar-refractivity contribution in [3.63, 3.8) is 0 Å². The van der Waals surface area contributed by atoms with E-state index in [0.717, 1.165) is 42.5 Å². The Kier molecular flexibility index (Phi) is 4.43. The predicted octanol–water partition coefficient (Wildman–Crippen LogP) is 2.72. The van der Waals surface area contributed by atoms with Gasteiger partial charge in [-0.2, -0.15) is 0 Å². The number of benzene rings is 1. The van der Waals surface area contributed by atoms with Gasteiger partial charge < -0.3 is 10.4 Å². The summed E-state index contributed by atoms with van der Waals surface area (Å²) in [7, 11) is 0. The molecule has 1 aromatic carbocycles. The lowest BCUT2D eigenvalue weighted by atomic mass is 10.0. The second-order valence-electron chi connectivity index (χ2n) is 5.99. The molecule has 6 heteroatoms. The monoisotopic (exact) mass is 317 g/mol. The molecule has 1 unspecified atom stereocenters. The summed E-state index contributed by atoms with van der Waals surface area (Å²) >= 11 is 0. The summed E-state index contributed by atoms with van der Waals surface area (Å²) in [6.45, 7) is 3.19. The molecule has 2 N–H and O–H groups in total. The van der Waals surface area contributed by atoms with E-state index in [1.807, 2.05) is 11.0 Å². The van der Waals surface area contributed by atoms with E-state index in [0.29, 0.717) is 0 Å². The molecule has 122 valence electrons. The highest BCUT2D eigenvalue weighted by molar-refractivity contribution is 5.91. The number of fused-ring (bicyclic) bond motifs is 1. The van der Waals surface area contributed by atoms with Crippen molar-refractivity contribution in [1.82, 2.24) is 9.88 Å². The molecule has 0 spiro atoms. The number of aromatic nitrogens is 1. The highest BCUT2D eigenvalue weighted by atomic mass is 19.1. The van der Waals surface area contributed by atoms with E-state index < -0.39 is 12.0 Å². The molecule has 0 amide bonds. The third-order valence-electron chi connectivity index (χ3n) is 4.50. The number of carboxylic acids is 1. The zero-order chi connectivity index (χ0) is 16.4. The molecule has 1 aromatic heterocycles. The molecule has 1 aliphatic rings. The highest BCUT2D eigenvalue weighted by Gasteiger charge is 2.26. The maximum Gasteiger partial charge on any atom is 0.320 e. The second kappa shape index (κ2) is 6.50. The van der Waals surface area contributed by atoms with Crippen molar-refractivity contribution in [1.29, 1.82) is 0 Å². The standard InChI is InChI=1S/C17H20FN3O2/c1-11(17(22)23)21-8-5-13(6-9-21)20-16-4-7-19-15-3-2-12(18)10-14(15)16/h2-4,7,10-11,13H,5-6,8-9H2,1H3,(H,19,20)(H,22,23). The molecular formula is C17H20FN3O2. The largest absolute Gasteiger partial charge is 0.480 e. The van der Waals surface area contributed by atoms with Crippen molar-refractivity contribution in [3.8, 4) is 0 Å². The Labute approximate surface area is 134 Å². The Balaban J connectivity index is 1.70. The van der Waals surface area contributed by atoms with E-state index in [-0.39, 0.29) is 11.9 Å². The SMILES string of the molecule is CC(C(=O)O)N1CCC(Nc2ccnc3ccc(F)cc23)CC1. The van der Waals surface area contributed by atoms with Gasteiger partial charge in [0.1, 0.15) is 11.9 Å². The molecule has 0 saturated carbocycles. The maximum absolute atomic E-state index is 13.5. The lowest BCUT2D eigenvalue weighted by molar-refractivity contribution is -0.143. The number of rotatable bonds is 4. The number of carbonyl (C=O) groups is 1. The van der Waals surface area contributed by atoms with Gasteiger partial charge in [-0.25, -0.2) is 4.39 Å². The quantitative estimate of drug-likeness (QED) is 0.908. The van der Waals surface area contributed by atoms with E-state index >= 15 is 0 Å². The fourth-order valence-electron chi connectivity index (χ4n) is 3.05. The van der Waals surface area contributed by atoms with Gasteiger partial charge >= 0.3 is 5.97 Å². The summed E-state index contributed by atoms with van der Waals surface area (Å²) in [5.41, 5.74) is 1.63. The van der Waals surface area contributed by atoms with Crippen molar-refractivity contribution in [2.45, 2.75) is 31.8 Å². The van der Waals surface area contributed by atoms with Gasteiger partial charge in [0.2, 0.25) is 0 Å². The molecule has 23 heavy (non-hydrogen) atoms. The smallest absolute Gasteiger partial charge is 0.320 e. The van der Waals surface area contributed by atoms with Gasteiger partial charge in [0, 0.05) is 36.4 Å². The number of aliphatic carboxylic acids is 1. The zero-order valence-electron chi connectivity index (χ0n) is 13.0. The highest BCUT2D eigenvalue weighted by Crippen LogP contribution is 2.25. The molecule has 0 aliphatic carbocycles. The molecule has 0 radical (unpaired) electrons. The Morgan fingerprint density at radius 1 is 1.39 bits per heavy atom. The van der Waals surface area contributed by atoms with Crippen molar-refractivity contribution in [2.75, 3.05) is 18.4 Å². The number of anilines is 1. The number of nitrogens with one attached hydrogen (secondary N) is 1. The van der Waals surface area contributed by atoms with E-state index in [2.05, 4.69) is 10.3 Å². The van der Waals surface area contributed by atoms with E-state index in [9.17, 15) is 9.18 Å². The van der Waals surface area contributed by atoms with Gasteiger partial charge in [0.25, 0.3) is 0 Å². The summed E-state index contributed by atoms with van der Waals surface area (Å²) in [6, 6.07) is 6.23. The molecular weight excluding hydrogens is 297 g/mol. The Morgan fingerprint density at radius 3 is 2.83 bits per heavy atom. The number of hydrogen-bond donors (Lipinski definition) is 2. The Bertz CT molecular complexity index is 714. The van der Waals surface area contributed by atoms with Crippen LogP contribution in [-0.2, 0) is 4.79 Å². The summed E-state index contributed by atoms with van der Waals surface area (Å²) in [5, 5.41) is 13.3. The first-order chi connectivity index (χ1) is 11.0. The van der Waals surface area contributed by atoms with Gasteiger partial charge in [-0.15, -0.1) is 0 Å². The summed E-state index contributed by atoms with van der Waals surface area (Å²) in [6.07, 6.45) is 3.43. The third-order valence-corrected chi connectivity index (χ3v) is 4.50. The molecule has 5 nitrogen and oxygen atoms in total. The summed E-state index contributed by atoms with van der Waals surface area (Å²) in [4.78, 5) is 17.3. The van der Waals surface area contributed by atoms with Gasteiger partial charge in [-0.1, -0.05) is 0 Å². The number of halogens is 1. The fraction of sp³-hybridized carbons (Fsp3) is 0.412. The van der Waals surface area contributed by atoms with Crippen LogP contribution in [0.25, 0.3) is 10.9 Å². The van der Waals surface area contributed by atoms with Crippen LogP contribution in [-0.4, -0.2) is 46.1 Å². The average molecular weight is 317 g/mol. The number of carboxylic acid groups (broad SMARTS) is 1. The molecule has 1 saturated heterocycles. The van der Waals surface area contributed by atoms with Gasteiger partial charge in [0.05, 0.1) is 5.52 Å². The molecule has 2 aromatic rings. The van der Waals surface area contributed by atoms with E-state index in [1.54, 1.807) is 19.2 Å². The van der Waals surface area contributed by atoms with Gasteiger partial charge in [0.15, 0.2) is 0 Å². The Morgan fingerprint density at radius 2 is 2.13 bits per heavy atom. The van der Waals surface area contributed by atoms with Crippen LogP contribution in [0, 0.1) is 5.82 Å². The molecule has 0 bridgehead atoms. The van der Waals surface area contributed by atoms with E-state index in [4.69, 9.17) is 5.11 Å². The van der Waals surface area contributed by atoms with Crippen LogP contribution in [0.1, 0.15) is 19.8 Å². The summed E-state index contributed by atoms with van der Waals surface area (Å²) in [5.74, 6) is -1.06. The maximum atomic E-state index is 13.5. The van der Waals surface area contributed by atoms with E-state index in [1.165, 1.54) is 12.1 Å². The summed E-state index contributed by atoms with van der Waals surface area (Å²) < 4.78 is 13.5. The van der Waals surface area contributed by atoms with Crippen molar-refractivity contribution in [2.24, 2.45) is 0 Å². The first-order valence-corrected chi connectivity index (χ1v) is 7.82. The molecule has 1 aliphatic heterocycles. The zero-order valence-corrected chi connectivity index (χ0v) is 13.0. The Hall–Kier alpha value is -2.21. The van der Waals surface area contributed by atoms with Gasteiger partial charge in [-0.3, -0.25) is 14.7 Å². The molecule has 3 rings (SSSR count). The lowest BCUT2D eigenvalue weighted by Crippen LogP contribution is -2.46. The van der Waals surface area contributed by atoms with Gasteiger partial charge in [-0.05, 0) is 44.0 Å². The number of nitrogens with zero attached hydrogens (tertiary/aromatic N) is 2. The number of piperidine rings is 1.